The number of hydrogen-bond donors (Lipinski definition) is 2. The third-order valence-electron chi connectivity index (χ3n) is 2.80. The van der Waals surface area contributed by atoms with E-state index in [2.05, 4.69) is 33.0 Å². The molecule has 2 nitrogen and oxygen atoms in total. The zero-order valence-electron chi connectivity index (χ0n) is 9.64. The SMILES string of the molecule is CCCC(C)C(CN)NC(C)CC. The van der Waals surface area contributed by atoms with Crippen molar-refractivity contribution < 1.29 is 0 Å². The maximum absolute atomic E-state index is 5.74. The van der Waals surface area contributed by atoms with Gasteiger partial charge in [-0.15, -0.1) is 0 Å². The van der Waals surface area contributed by atoms with Crippen LogP contribution in [-0.2, 0) is 0 Å². The first-order valence-corrected chi connectivity index (χ1v) is 5.61. The maximum atomic E-state index is 5.74. The van der Waals surface area contributed by atoms with E-state index in [-0.39, 0.29) is 0 Å². The molecule has 0 aromatic carbocycles. The molecule has 3 N–H and O–H groups in total. The van der Waals surface area contributed by atoms with Gasteiger partial charge in [-0.05, 0) is 25.7 Å². The molecule has 3 atom stereocenters. The lowest BCUT2D eigenvalue weighted by Crippen LogP contribution is -2.45. The summed E-state index contributed by atoms with van der Waals surface area (Å²) >= 11 is 0. The van der Waals surface area contributed by atoms with Gasteiger partial charge in [0, 0.05) is 18.6 Å². The van der Waals surface area contributed by atoms with E-state index in [9.17, 15) is 0 Å². The van der Waals surface area contributed by atoms with Crippen molar-refractivity contribution in [1.29, 1.82) is 0 Å². The lowest BCUT2D eigenvalue weighted by molar-refractivity contribution is 0.328. The summed E-state index contributed by atoms with van der Waals surface area (Å²) in [5.41, 5.74) is 5.74. The molecule has 80 valence electrons. The van der Waals surface area contributed by atoms with Gasteiger partial charge >= 0.3 is 0 Å². The second-order valence-electron chi connectivity index (χ2n) is 4.08. The average molecular weight is 186 g/mol. The number of nitrogens with one attached hydrogen (secondary N) is 1. The molecule has 0 spiro atoms. The molecule has 0 saturated heterocycles. The Balaban J connectivity index is 3.86. The van der Waals surface area contributed by atoms with Crippen molar-refractivity contribution >= 4 is 0 Å². The van der Waals surface area contributed by atoms with Crippen LogP contribution < -0.4 is 11.1 Å². The fourth-order valence-corrected chi connectivity index (χ4v) is 1.60. The highest BCUT2D eigenvalue weighted by atomic mass is 15.0. The van der Waals surface area contributed by atoms with Gasteiger partial charge in [0.2, 0.25) is 0 Å². The highest BCUT2D eigenvalue weighted by Crippen LogP contribution is 2.10. The van der Waals surface area contributed by atoms with Crippen molar-refractivity contribution in [2.24, 2.45) is 11.7 Å². The summed E-state index contributed by atoms with van der Waals surface area (Å²) in [6.45, 7) is 9.70. The molecule has 0 radical (unpaired) electrons. The van der Waals surface area contributed by atoms with Crippen molar-refractivity contribution in [3.8, 4) is 0 Å². The standard InChI is InChI=1S/C11H26N2/c1-5-7-9(3)11(8-12)13-10(4)6-2/h9-11,13H,5-8,12H2,1-4H3. The summed E-state index contributed by atoms with van der Waals surface area (Å²) in [5.74, 6) is 0.698. The van der Waals surface area contributed by atoms with Gasteiger partial charge in [-0.25, -0.2) is 0 Å². The van der Waals surface area contributed by atoms with Gasteiger partial charge in [0.15, 0.2) is 0 Å². The summed E-state index contributed by atoms with van der Waals surface area (Å²) in [5, 5.41) is 3.58. The number of hydrogen-bond acceptors (Lipinski definition) is 2. The van der Waals surface area contributed by atoms with Gasteiger partial charge in [-0.3, -0.25) is 0 Å². The summed E-state index contributed by atoms with van der Waals surface area (Å²) in [7, 11) is 0. The Morgan fingerprint density at radius 2 is 1.85 bits per heavy atom. The Morgan fingerprint density at radius 1 is 1.23 bits per heavy atom. The fraction of sp³-hybridized carbons (Fsp3) is 1.00. The van der Waals surface area contributed by atoms with Crippen molar-refractivity contribution in [3.05, 3.63) is 0 Å². The minimum Gasteiger partial charge on any atom is -0.329 e. The Labute approximate surface area is 83.3 Å². The molecule has 3 unspecified atom stereocenters. The summed E-state index contributed by atoms with van der Waals surface area (Å²) in [4.78, 5) is 0. The monoisotopic (exact) mass is 186 g/mol. The van der Waals surface area contributed by atoms with E-state index in [0.29, 0.717) is 18.0 Å². The molecule has 0 aliphatic carbocycles. The van der Waals surface area contributed by atoms with Crippen LogP contribution in [0.15, 0.2) is 0 Å². The highest BCUT2D eigenvalue weighted by Gasteiger charge is 2.15. The maximum Gasteiger partial charge on any atom is 0.0218 e. The first-order chi connectivity index (χ1) is 6.15. The van der Waals surface area contributed by atoms with Crippen molar-refractivity contribution in [2.75, 3.05) is 6.54 Å². The molecule has 0 aromatic heterocycles. The van der Waals surface area contributed by atoms with Gasteiger partial charge in [0.05, 0.1) is 0 Å². The highest BCUT2D eigenvalue weighted by molar-refractivity contribution is 4.76. The Kier molecular flexibility index (Phi) is 7.29. The van der Waals surface area contributed by atoms with Crippen LogP contribution >= 0.6 is 0 Å². The van der Waals surface area contributed by atoms with Gasteiger partial charge in [-0.1, -0.05) is 27.2 Å². The van der Waals surface area contributed by atoms with E-state index in [1.54, 1.807) is 0 Å². The molecule has 0 aliphatic heterocycles. The summed E-state index contributed by atoms with van der Waals surface area (Å²) < 4.78 is 0. The molecule has 0 aromatic rings. The van der Waals surface area contributed by atoms with E-state index < -0.39 is 0 Å². The zero-order valence-corrected chi connectivity index (χ0v) is 9.64. The van der Waals surface area contributed by atoms with Crippen LogP contribution in [-0.4, -0.2) is 18.6 Å². The third-order valence-corrected chi connectivity index (χ3v) is 2.80. The molecule has 0 rings (SSSR count). The van der Waals surface area contributed by atoms with Crippen LogP contribution in [0.25, 0.3) is 0 Å². The molecule has 0 fully saturated rings. The lowest BCUT2D eigenvalue weighted by atomic mass is 9.96. The van der Waals surface area contributed by atoms with Gasteiger partial charge in [0.25, 0.3) is 0 Å². The normalized spacial score (nSPS) is 18.2. The van der Waals surface area contributed by atoms with E-state index in [0.717, 1.165) is 6.54 Å². The minimum atomic E-state index is 0.495. The molecule has 0 saturated carbocycles. The van der Waals surface area contributed by atoms with Crippen LogP contribution in [0.4, 0.5) is 0 Å². The van der Waals surface area contributed by atoms with E-state index in [4.69, 9.17) is 5.73 Å². The Hall–Kier alpha value is -0.0800. The van der Waals surface area contributed by atoms with E-state index in [1.807, 2.05) is 0 Å². The van der Waals surface area contributed by atoms with Crippen molar-refractivity contribution in [1.82, 2.24) is 5.32 Å². The van der Waals surface area contributed by atoms with Crippen LogP contribution in [0.2, 0.25) is 0 Å². The van der Waals surface area contributed by atoms with Crippen LogP contribution in [0, 0.1) is 5.92 Å². The largest absolute Gasteiger partial charge is 0.329 e. The summed E-state index contributed by atoms with van der Waals surface area (Å²) in [6, 6.07) is 1.09. The predicted octanol–water partition coefficient (Wildman–Crippen LogP) is 2.14. The van der Waals surface area contributed by atoms with Gasteiger partial charge in [-0.2, -0.15) is 0 Å². The molecule has 0 amide bonds. The Morgan fingerprint density at radius 3 is 2.23 bits per heavy atom. The topological polar surface area (TPSA) is 38.0 Å². The molecule has 0 aliphatic rings. The molecule has 0 bridgehead atoms. The van der Waals surface area contributed by atoms with E-state index in [1.165, 1.54) is 19.3 Å². The van der Waals surface area contributed by atoms with E-state index >= 15 is 0 Å². The first kappa shape index (κ1) is 12.9. The van der Waals surface area contributed by atoms with Crippen molar-refractivity contribution in [2.45, 2.75) is 59.0 Å². The number of rotatable bonds is 7. The molecular weight excluding hydrogens is 160 g/mol. The van der Waals surface area contributed by atoms with Crippen LogP contribution in [0.3, 0.4) is 0 Å². The van der Waals surface area contributed by atoms with Crippen LogP contribution in [0.1, 0.15) is 47.0 Å². The zero-order chi connectivity index (χ0) is 10.3. The average Bonchev–Trinajstić information content (AvgIpc) is 2.14. The molecule has 13 heavy (non-hydrogen) atoms. The molecule has 2 heteroatoms. The smallest absolute Gasteiger partial charge is 0.0218 e. The van der Waals surface area contributed by atoms with Crippen LogP contribution in [0.5, 0.6) is 0 Å². The quantitative estimate of drug-likeness (QED) is 0.639. The lowest BCUT2D eigenvalue weighted by Gasteiger charge is -2.26. The Bertz CT molecular complexity index is 115. The molecular formula is C11H26N2. The minimum absolute atomic E-state index is 0.495. The first-order valence-electron chi connectivity index (χ1n) is 5.61. The van der Waals surface area contributed by atoms with Crippen molar-refractivity contribution in [3.63, 3.8) is 0 Å². The predicted molar refractivity (Wildman–Crippen MR) is 59.8 cm³/mol. The van der Waals surface area contributed by atoms with Gasteiger partial charge in [0.1, 0.15) is 0 Å². The third kappa shape index (κ3) is 5.27. The second-order valence-corrected chi connectivity index (χ2v) is 4.08. The second kappa shape index (κ2) is 7.34. The van der Waals surface area contributed by atoms with Gasteiger partial charge < -0.3 is 11.1 Å². The molecule has 0 heterocycles. The summed E-state index contributed by atoms with van der Waals surface area (Å²) in [6.07, 6.45) is 3.69. The number of nitrogens with two attached hydrogens (primary N) is 1. The fourth-order valence-electron chi connectivity index (χ4n) is 1.60.